The van der Waals surface area contributed by atoms with Crippen LogP contribution in [0.25, 0.3) is 0 Å². The Bertz CT molecular complexity index is 545. The molecule has 22 heavy (non-hydrogen) atoms. The Kier molecular flexibility index (Phi) is 4.74. The minimum Gasteiger partial charge on any atom is -0.376 e. The molecule has 1 aliphatic heterocycles. The number of nitrogens with zero attached hydrogens (tertiary/aromatic N) is 1. The van der Waals surface area contributed by atoms with E-state index in [0.717, 1.165) is 6.54 Å². The molecule has 3 rings (SSSR count). The highest BCUT2D eigenvalue weighted by molar-refractivity contribution is 5.94. The van der Waals surface area contributed by atoms with Crippen LogP contribution in [0.2, 0.25) is 0 Å². The first kappa shape index (κ1) is 15.4. The maximum absolute atomic E-state index is 13.9. The zero-order valence-electron chi connectivity index (χ0n) is 13.0. The van der Waals surface area contributed by atoms with Crippen LogP contribution in [0, 0.1) is 11.7 Å². The number of carbonyl (C=O) groups excluding carboxylic acids is 1. The zero-order chi connectivity index (χ0) is 15.5. The van der Waals surface area contributed by atoms with Crippen molar-refractivity contribution in [2.24, 2.45) is 5.92 Å². The standard InChI is InChI=1S/C17H23FN2O2/c1-12-9-20(7-6-19-12)17(21)14-4-5-16(18)15(8-14)11-22-10-13-2-3-13/h4-5,8,12-13,19H,2-3,6-7,9-11H2,1H3/t12-/m1/s1. The molecule has 4 nitrogen and oxygen atoms in total. The SMILES string of the molecule is C[C@@H]1CN(C(=O)c2ccc(F)c(COCC3CC3)c2)CCN1. The number of carbonyl (C=O) groups is 1. The van der Waals surface area contributed by atoms with Crippen LogP contribution < -0.4 is 5.32 Å². The molecule has 0 unspecified atom stereocenters. The van der Waals surface area contributed by atoms with E-state index in [2.05, 4.69) is 12.2 Å². The van der Waals surface area contributed by atoms with Crippen molar-refractivity contribution in [2.75, 3.05) is 26.2 Å². The lowest BCUT2D eigenvalue weighted by Crippen LogP contribution is -2.51. The molecule has 120 valence electrons. The van der Waals surface area contributed by atoms with Crippen LogP contribution >= 0.6 is 0 Å². The number of nitrogens with one attached hydrogen (secondary N) is 1. The molecule has 2 aliphatic rings. The van der Waals surface area contributed by atoms with E-state index >= 15 is 0 Å². The summed E-state index contributed by atoms with van der Waals surface area (Å²) < 4.78 is 19.4. The summed E-state index contributed by atoms with van der Waals surface area (Å²) in [5.74, 6) is 0.313. The summed E-state index contributed by atoms with van der Waals surface area (Å²) in [5, 5.41) is 3.31. The minimum absolute atomic E-state index is 0.0307. The summed E-state index contributed by atoms with van der Waals surface area (Å²) in [7, 11) is 0. The highest BCUT2D eigenvalue weighted by Gasteiger charge is 2.23. The first-order chi connectivity index (χ1) is 10.6. The van der Waals surface area contributed by atoms with E-state index in [4.69, 9.17) is 4.74 Å². The lowest BCUT2D eigenvalue weighted by Gasteiger charge is -2.32. The van der Waals surface area contributed by atoms with Crippen molar-refractivity contribution < 1.29 is 13.9 Å². The number of ether oxygens (including phenoxy) is 1. The van der Waals surface area contributed by atoms with Crippen LogP contribution in [0.5, 0.6) is 0 Å². The summed E-state index contributed by atoms with van der Waals surface area (Å²) in [6.07, 6.45) is 2.42. The summed E-state index contributed by atoms with van der Waals surface area (Å²) in [6.45, 7) is 5.15. The molecule has 1 saturated heterocycles. The van der Waals surface area contributed by atoms with Crippen LogP contribution in [0.15, 0.2) is 18.2 Å². The lowest BCUT2D eigenvalue weighted by atomic mass is 10.1. The number of rotatable bonds is 5. The van der Waals surface area contributed by atoms with Gasteiger partial charge in [0.05, 0.1) is 6.61 Å². The van der Waals surface area contributed by atoms with Crippen molar-refractivity contribution >= 4 is 5.91 Å². The summed E-state index contributed by atoms with van der Waals surface area (Å²) >= 11 is 0. The van der Waals surface area contributed by atoms with Crippen molar-refractivity contribution in [3.63, 3.8) is 0 Å². The maximum Gasteiger partial charge on any atom is 0.253 e. The molecule has 1 aromatic carbocycles. The third-order valence-electron chi connectivity index (χ3n) is 4.26. The van der Waals surface area contributed by atoms with Crippen molar-refractivity contribution in [1.82, 2.24) is 10.2 Å². The second-order valence-corrected chi connectivity index (χ2v) is 6.37. The van der Waals surface area contributed by atoms with Crippen LogP contribution in [-0.4, -0.2) is 43.1 Å². The zero-order valence-corrected chi connectivity index (χ0v) is 13.0. The Morgan fingerprint density at radius 2 is 2.27 bits per heavy atom. The van der Waals surface area contributed by atoms with Crippen LogP contribution in [0.3, 0.4) is 0 Å². The molecule has 1 heterocycles. The molecule has 1 saturated carbocycles. The number of piperazine rings is 1. The van der Waals surface area contributed by atoms with E-state index in [1.807, 2.05) is 4.90 Å². The fourth-order valence-corrected chi connectivity index (χ4v) is 2.74. The largest absolute Gasteiger partial charge is 0.376 e. The molecule has 1 amide bonds. The van der Waals surface area contributed by atoms with E-state index in [9.17, 15) is 9.18 Å². The van der Waals surface area contributed by atoms with Gasteiger partial charge in [0, 0.05) is 43.4 Å². The summed E-state index contributed by atoms with van der Waals surface area (Å²) in [4.78, 5) is 14.4. The van der Waals surface area contributed by atoms with Crippen LogP contribution in [0.1, 0.15) is 35.7 Å². The average molecular weight is 306 g/mol. The third-order valence-corrected chi connectivity index (χ3v) is 4.26. The number of halogens is 1. The van der Waals surface area contributed by atoms with Gasteiger partial charge in [0.2, 0.25) is 0 Å². The summed E-state index contributed by atoms with van der Waals surface area (Å²) in [5.41, 5.74) is 1.01. The van der Waals surface area contributed by atoms with Gasteiger partial charge in [-0.25, -0.2) is 4.39 Å². The molecule has 2 fully saturated rings. The molecule has 5 heteroatoms. The van der Waals surface area contributed by atoms with Gasteiger partial charge in [-0.2, -0.15) is 0 Å². The van der Waals surface area contributed by atoms with Crippen LogP contribution in [0.4, 0.5) is 4.39 Å². The molecule has 1 aliphatic carbocycles. The fraction of sp³-hybridized carbons (Fsp3) is 0.588. The predicted molar refractivity (Wildman–Crippen MR) is 82.1 cm³/mol. The Balaban J connectivity index is 1.65. The minimum atomic E-state index is -0.305. The topological polar surface area (TPSA) is 41.6 Å². The van der Waals surface area contributed by atoms with Gasteiger partial charge in [0.1, 0.15) is 5.82 Å². The molecule has 1 atom stereocenters. The van der Waals surface area contributed by atoms with Crippen molar-refractivity contribution in [3.8, 4) is 0 Å². The fourth-order valence-electron chi connectivity index (χ4n) is 2.74. The quantitative estimate of drug-likeness (QED) is 0.906. The monoisotopic (exact) mass is 306 g/mol. The smallest absolute Gasteiger partial charge is 0.253 e. The first-order valence-electron chi connectivity index (χ1n) is 8.02. The van der Waals surface area contributed by atoms with Gasteiger partial charge in [0.25, 0.3) is 5.91 Å². The van der Waals surface area contributed by atoms with E-state index in [1.165, 1.54) is 18.9 Å². The normalized spacial score (nSPS) is 21.9. The maximum atomic E-state index is 13.9. The number of benzene rings is 1. The highest BCUT2D eigenvalue weighted by Crippen LogP contribution is 2.29. The van der Waals surface area contributed by atoms with Crippen molar-refractivity contribution in [1.29, 1.82) is 0 Å². The van der Waals surface area contributed by atoms with E-state index in [-0.39, 0.29) is 18.3 Å². The van der Waals surface area contributed by atoms with Gasteiger partial charge >= 0.3 is 0 Å². The highest BCUT2D eigenvalue weighted by atomic mass is 19.1. The number of hydrogen-bond acceptors (Lipinski definition) is 3. The molecule has 1 N–H and O–H groups in total. The first-order valence-corrected chi connectivity index (χ1v) is 8.02. The average Bonchev–Trinajstić information content (AvgIpc) is 3.33. The number of hydrogen-bond donors (Lipinski definition) is 1. The lowest BCUT2D eigenvalue weighted by molar-refractivity contribution is 0.0708. The molecule has 0 spiro atoms. The molecular weight excluding hydrogens is 283 g/mol. The van der Waals surface area contributed by atoms with Gasteiger partial charge in [-0.1, -0.05) is 0 Å². The molecule has 1 aromatic rings. The van der Waals surface area contributed by atoms with Crippen molar-refractivity contribution in [2.45, 2.75) is 32.4 Å². The third kappa shape index (κ3) is 3.84. The van der Waals surface area contributed by atoms with E-state index < -0.39 is 0 Å². The molecule has 0 bridgehead atoms. The second kappa shape index (κ2) is 6.75. The summed E-state index contributed by atoms with van der Waals surface area (Å²) in [6, 6.07) is 4.86. The predicted octanol–water partition coefficient (Wildman–Crippen LogP) is 2.19. The van der Waals surface area contributed by atoms with Gasteiger partial charge in [0.15, 0.2) is 0 Å². The Morgan fingerprint density at radius 3 is 3.00 bits per heavy atom. The molecule has 0 radical (unpaired) electrons. The Labute approximate surface area is 130 Å². The molecular formula is C17H23FN2O2. The van der Waals surface area contributed by atoms with Crippen molar-refractivity contribution in [3.05, 3.63) is 35.1 Å². The van der Waals surface area contributed by atoms with E-state index in [0.29, 0.717) is 42.8 Å². The Hall–Kier alpha value is -1.46. The van der Waals surface area contributed by atoms with Crippen LogP contribution in [-0.2, 0) is 11.3 Å². The van der Waals surface area contributed by atoms with Gasteiger partial charge in [-0.3, -0.25) is 4.79 Å². The van der Waals surface area contributed by atoms with Gasteiger partial charge in [-0.05, 0) is 43.9 Å². The Morgan fingerprint density at radius 1 is 1.45 bits per heavy atom. The van der Waals surface area contributed by atoms with Gasteiger partial charge in [-0.15, -0.1) is 0 Å². The van der Waals surface area contributed by atoms with E-state index in [1.54, 1.807) is 12.1 Å². The molecule has 0 aromatic heterocycles. The number of amides is 1. The van der Waals surface area contributed by atoms with Gasteiger partial charge < -0.3 is 15.0 Å². The second-order valence-electron chi connectivity index (χ2n) is 6.37.